The smallest absolute Gasteiger partial charge is 0.256 e. The normalized spacial score (nSPS) is 23.1. The lowest BCUT2D eigenvalue weighted by molar-refractivity contribution is -0.133. The Bertz CT molecular complexity index is 2030. The summed E-state index contributed by atoms with van der Waals surface area (Å²) in [5.41, 5.74) is 4.69. The Morgan fingerprint density at radius 1 is 0.912 bits per heavy atom. The average Bonchev–Trinajstić information content (AvgIpc) is 3.54. The maximum atomic E-state index is 15.6. The van der Waals surface area contributed by atoms with Gasteiger partial charge in [0.2, 0.25) is 11.8 Å². The van der Waals surface area contributed by atoms with Crippen LogP contribution in [0, 0.1) is 28.5 Å². The van der Waals surface area contributed by atoms with Gasteiger partial charge in [-0.3, -0.25) is 24.6 Å². The molecule has 5 fully saturated rings. The van der Waals surface area contributed by atoms with Gasteiger partial charge in [-0.05, 0) is 111 Å². The van der Waals surface area contributed by atoms with Crippen molar-refractivity contribution in [3.63, 3.8) is 0 Å². The lowest BCUT2D eigenvalue weighted by atomic mass is 9.76. The summed E-state index contributed by atoms with van der Waals surface area (Å²) in [4.78, 5) is 48.6. The molecule has 0 radical (unpaired) electrons. The first-order chi connectivity index (χ1) is 27.6. The minimum atomic E-state index is -0.451. The van der Waals surface area contributed by atoms with Crippen LogP contribution in [0.5, 0.6) is 0 Å². The zero-order chi connectivity index (χ0) is 39.7. The second-order valence-corrected chi connectivity index (χ2v) is 17.2. The number of benzene rings is 3. The Morgan fingerprint density at radius 3 is 2.33 bits per heavy atom. The largest absolute Gasteiger partial charge is 0.374 e. The standard InChI is InChI=1S/C44H52ClFN8O3/c1-30-26-44(29-54(30)36-6-5-32(27-47)38(45)24-36)13-17-51(18-14-44)35-7-8-37(39(46)25-35)43(57)53-15-11-31(12-16-53)28-50-19-21-52(22-20-50)34-4-2-3-33(23-34)48-40-9-10-41(55)49-42(40)56/h2-8,23-25,30-31,40,48H,9-22,26,28-29H2,1H3,(H,49,55,56)/t30-,40-/m0/s1. The lowest BCUT2D eigenvalue weighted by Gasteiger charge is -2.40. The molecule has 300 valence electrons. The fourth-order valence-electron chi connectivity index (χ4n) is 9.78. The van der Waals surface area contributed by atoms with E-state index in [9.17, 15) is 19.6 Å². The maximum Gasteiger partial charge on any atom is 0.256 e. The minimum absolute atomic E-state index is 0.152. The number of nitriles is 1. The molecule has 13 heteroatoms. The molecule has 0 saturated carbocycles. The third-order valence-electron chi connectivity index (χ3n) is 13.1. The minimum Gasteiger partial charge on any atom is -0.374 e. The molecular weight excluding hydrogens is 743 g/mol. The highest BCUT2D eigenvalue weighted by Crippen LogP contribution is 2.46. The van der Waals surface area contributed by atoms with Crippen molar-refractivity contribution >= 4 is 52.1 Å². The van der Waals surface area contributed by atoms with Crippen LogP contribution in [0.15, 0.2) is 60.7 Å². The predicted molar refractivity (Wildman–Crippen MR) is 221 cm³/mol. The molecule has 0 unspecified atom stereocenters. The van der Waals surface area contributed by atoms with Crippen molar-refractivity contribution < 1.29 is 18.8 Å². The Kier molecular flexibility index (Phi) is 11.3. The summed E-state index contributed by atoms with van der Waals surface area (Å²) >= 11 is 6.36. The quantitative estimate of drug-likeness (QED) is 0.260. The first kappa shape index (κ1) is 39.0. The number of likely N-dealkylation sites (tertiary alicyclic amines) is 1. The van der Waals surface area contributed by atoms with E-state index >= 15 is 4.39 Å². The number of nitrogens with one attached hydrogen (secondary N) is 2. The van der Waals surface area contributed by atoms with Crippen LogP contribution < -0.4 is 25.3 Å². The van der Waals surface area contributed by atoms with Crippen molar-refractivity contribution in [1.82, 2.24) is 15.1 Å². The highest BCUT2D eigenvalue weighted by atomic mass is 35.5. The fourth-order valence-corrected chi connectivity index (χ4v) is 10.00. The van der Waals surface area contributed by atoms with Crippen molar-refractivity contribution in [1.29, 1.82) is 5.26 Å². The van der Waals surface area contributed by atoms with Gasteiger partial charge in [0.1, 0.15) is 17.9 Å². The molecule has 5 aliphatic heterocycles. The molecule has 0 aliphatic carbocycles. The number of halogens is 2. The molecule has 2 atom stereocenters. The number of imide groups is 1. The van der Waals surface area contributed by atoms with Gasteiger partial charge in [0, 0.05) is 101 Å². The summed E-state index contributed by atoms with van der Waals surface area (Å²) in [7, 11) is 0. The summed E-state index contributed by atoms with van der Waals surface area (Å²) in [5.74, 6) is -0.669. The molecule has 3 aromatic carbocycles. The van der Waals surface area contributed by atoms with Crippen LogP contribution >= 0.6 is 11.6 Å². The zero-order valence-corrected chi connectivity index (χ0v) is 33.4. The Hall–Kier alpha value is -4.86. The SMILES string of the molecule is C[C@H]1CC2(CCN(c3ccc(C(=O)N4CCC(CN5CCN(c6cccc(N[C@H]7CCC(=O)NC7=O)c6)CC5)CC4)c(F)c3)CC2)CN1c1ccc(C#N)c(Cl)c1. The number of amides is 3. The lowest BCUT2D eigenvalue weighted by Crippen LogP contribution is -2.49. The molecule has 5 saturated heterocycles. The molecule has 57 heavy (non-hydrogen) atoms. The van der Waals surface area contributed by atoms with E-state index in [1.54, 1.807) is 18.2 Å². The van der Waals surface area contributed by atoms with Crippen molar-refractivity contribution in [2.75, 3.05) is 85.5 Å². The molecule has 8 rings (SSSR count). The van der Waals surface area contributed by atoms with Crippen LogP contribution in [0.3, 0.4) is 0 Å². The van der Waals surface area contributed by atoms with E-state index in [1.165, 1.54) is 0 Å². The maximum absolute atomic E-state index is 15.6. The van der Waals surface area contributed by atoms with Gasteiger partial charge in [0.25, 0.3) is 5.91 Å². The first-order valence-electron chi connectivity index (χ1n) is 20.5. The van der Waals surface area contributed by atoms with Gasteiger partial charge in [-0.15, -0.1) is 0 Å². The Labute approximate surface area is 339 Å². The van der Waals surface area contributed by atoms with E-state index < -0.39 is 11.9 Å². The van der Waals surface area contributed by atoms with E-state index in [4.69, 9.17) is 11.6 Å². The summed E-state index contributed by atoms with van der Waals surface area (Å²) in [5, 5.41) is 15.5. The van der Waals surface area contributed by atoms with Crippen LogP contribution in [-0.2, 0) is 9.59 Å². The number of hydrogen-bond donors (Lipinski definition) is 2. The van der Waals surface area contributed by atoms with E-state index in [-0.39, 0.29) is 28.7 Å². The van der Waals surface area contributed by atoms with Crippen molar-refractivity contribution in [2.45, 2.75) is 64.0 Å². The monoisotopic (exact) mass is 794 g/mol. The second-order valence-electron chi connectivity index (χ2n) is 16.8. The third kappa shape index (κ3) is 8.56. The Morgan fingerprint density at radius 2 is 1.63 bits per heavy atom. The van der Waals surface area contributed by atoms with Gasteiger partial charge in [0.05, 0.1) is 16.1 Å². The molecule has 11 nitrogen and oxygen atoms in total. The topological polar surface area (TPSA) is 115 Å². The predicted octanol–water partition coefficient (Wildman–Crippen LogP) is 6.13. The summed E-state index contributed by atoms with van der Waals surface area (Å²) in [6.07, 6.45) is 5.74. The number of rotatable bonds is 8. The Balaban J connectivity index is 0.778. The summed E-state index contributed by atoms with van der Waals surface area (Å²) in [6, 6.07) is 21.0. The number of anilines is 4. The molecule has 1 spiro atoms. The van der Waals surface area contributed by atoms with E-state index in [0.717, 1.165) is 107 Å². The van der Waals surface area contributed by atoms with Crippen LogP contribution in [0.2, 0.25) is 5.02 Å². The number of carbonyl (C=O) groups excluding carboxylic acids is 3. The highest BCUT2D eigenvalue weighted by molar-refractivity contribution is 6.32. The van der Waals surface area contributed by atoms with Gasteiger partial charge in [0.15, 0.2) is 0 Å². The number of piperidine rings is 3. The van der Waals surface area contributed by atoms with Crippen LogP contribution in [0.1, 0.15) is 67.8 Å². The van der Waals surface area contributed by atoms with E-state index in [0.29, 0.717) is 48.5 Å². The van der Waals surface area contributed by atoms with Gasteiger partial charge in [-0.2, -0.15) is 5.26 Å². The van der Waals surface area contributed by atoms with Gasteiger partial charge in [-0.25, -0.2) is 4.39 Å². The van der Waals surface area contributed by atoms with E-state index in [1.807, 2.05) is 35.2 Å². The van der Waals surface area contributed by atoms with Crippen molar-refractivity contribution in [3.8, 4) is 6.07 Å². The highest BCUT2D eigenvalue weighted by Gasteiger charge is 2.44. The van der Waals surface area contributed by atoms with Crippen LogP contribution in [0.25, 0.3) is 0 Å². The van der Waals surface area contributed by atoms with Crippen molar-refractivity contribution in [2.24, 2.45) is 11.3 Å². The summed E-state index contributed by atoms with van der Waals surface area (Å²) < 4.78 is 15.6. The molecule has 5 aliphatic rings. The number of hydrogen-bond acceptors (Lipinski definition) is 9. The fraction of sp³-hybridized carbons (Fsp3) is 0.500. The molecule has 0 bridgehead atoms. The number of piperazine rings is 1. The zero-order valence-electron chi connectivity index (χ0n) is 32.7. The van der Waals surface area contributed by atoms with Crippen LogP contribution in [-0.4, -0.2) is 105 Å². The third-order valence-corrected chi connectivity index (χ3v) is 13.4. The van der Waals surface area contributed by atoms with Crippen molar-refractivity contribution in [3.05, 3.63) is 82.6 Å². The first-order valence-corrected chi connectivity index (χ1v) is 20.9. The summed E-state index contributed by atoms with van der Waals surface area (Å²) in [6.45, 7) is 10.8. The molecule has 3 aromatic rings. The number of nitrogens with zero attached hydrogens (tertiary/aromatic N) is 6. The van der Waals surface area contributed by atoms with Gasteiger partial charge < -0.3 is 24.9 Å². The average molecular weight is 795 g/mol. The van der Waals surface area contributed by atoms with Gasteiger partial charge in [-0.1, -0.05) is 17.7 Å². The second kappa shape index (κ2) is 16.5. The van der Waals surface area contributed by atoms with Crippen LogP contribution in [0.4, 0.5) is 27.1 Å². The molecule has 3 amide bonds. The molecular formula is C44H52ClFN8O3. The van der Waals surface area contributed by atoms with Gasteiger partial charge >= 0.3 is 0 Å². The molecule has 2 N–H and O–H groups in total. The molecule has 0 aromatic heterocycles. The van der Waals surface area contributed by atoms with E-state index in [2.05, 4.69) is 55.4 Å². The molecule has 5 heterocycles. The number of carbonyl (C=O) groups is 3.